The molecular formula is C11H13BrClN5. The lowest BCUT2D eigenvalue weighted by Gasteiger charge is -2.23. The van der Waals surface area contributed by atoms with Gasteiger partial charge in [0.15, 0.2) is 5.65 Å². The lowest BCUT2D eigenvalue weighted by molar-refractivity contribution is 0.462. The van der Waals surface area contributed by atoms with Crippen LogP contribution in [-0.4, -0.2) is 26.2 Å². The zero-order chi connectivity index (χ0) is 12.5. The van der Waals surface area contributed by atoms with Gasteiger partial charge in [-0.3, -0.25) is 5.10 Å². The van der Waals surface area contributed by atoms with Crippen LogP contribution >= 0.6 is 27.5 Å². The van der Waals surface area contributed by atoms with Gasteiger partial charge in [-0.05, 0) is 40.4 Å². The maximum atomic E-state index is 5.93. The average molecular weight is 331 g/mol. The second-order valence-electron chi connectivity index (χ2n) is 4.56. The first kappa shape index (κ1) is 12.2. The van der Waals surface area contributed by atoms with Gasteiger partial charge < -0.3 is 5.32 Å². The summed E-state index contributed by atoms with van der Waals surface area (Å²) in [6, 6.07) is 0.467. The molecule has 1 saturated carbocycles. The quantitative estimate of drug-likeness (QED) is 0.827. The standard InChI is InChI=1S/C11H13BrClN5/c12-8-7-9(14-6-4-2-1-3-5-6)15-11(13)16-10(7)18-17-8/h6H,1-5H2,(H2,14,15,16,17,18). The molecule has 7 heteroatoms. The molecule has 2 aromatic rings. The number of hydrogen-bond acceptors (Lipinski definition) is 4. The number of halogens is 2. The van der Waals surface area contributed by atoms with Crippen molar-refractivity contribution < 1.29 is 0 Å². The van der Waals surface area contributed by atoms with E-state index in [0.717, 1.165) is 11.2 Å². The Morgan fingerprint density at radius 2 is 2.00 bits per heavy atom. The molecular weight excluding hydrogens is 318 g/mol. The number of nitrogens with zero attached hydrogens (tertiary/aromatic N) is 3. The summed E-state index contributed by atoms with van der Waals surface area (Å²) in [5.74, 6) is 0.762. The predicted molar refractivity (Wildman–Crippen MR) is 74.9 cm³/mol. The Hall–Kier alpha value is -0.880. The Labute approximate surface area is 118 Å². The highest BCUT2D eigenvalue weighted by atomic mass is 79.9. The van der Waals surface area contributed by atoms with Crippen LogP contribution < -0.4 is 5.32 Å². The van der Waals surface area contributed by atoms with E-state index in [4.69, 9.17) is 11.6 Å². The molecule has 0 aliphatic heterocycles. The highest BCUT2D eigenvalue weighted by molar-refractivity contribution is 9.10. The number of nitrogens with one attached hydrogen (secondary N) is 2. The Kier molecular flexibility index (Phi) is 3.39. The molecule has 0 radical (unpaired) electrons. The van der Waals surface area contributed by atoms with Crippen molar-refractivity contribution in [3.63, 3.8) is 0 Å². The molecule has 18 heavy (non-hydrogen) atoms. The fourth-order valence-electron chi connectivity index (χ4n) is 2.41. The molecule has 2 heterocycles. The van der Waals surface area contributed by atoms with E-state index in [1.165, 1.54) is 32.1 Å². The van der Waals surface area contributed by atoms with Crippen LogP contribution in [0.5, 0.6) is 0 Å². The predicted octanol–water partition coefficient (Wildman–Crippen LogP) is 3.51. The van der Waals surface area contributed by atoms with Gasteiger partial charge in [-0.2, -0.15) is 15.1 Å². The minimum Gasteiger partial charge on any atom is -0.367 e. The molecule has 0 saturated heterocycles. The molecule has 2 aromatic heterocycles. The Morgan fingerprint density at radius 3 is 2.78 bits per heavy atom. The third-order valence-electron chi connectivity index (χ3n) is 3.29. The number of H-pyrrole nitrogens is 1. The SMILES string of the molecule is Clc1nc(NC2CCCCC2)c2c(Br)n[nH]c2n1. The molecule has 0 atom stereocenters. The van der Waals surface area contributed by atoms with E-state index < -0.39 is 0 Å². The molecule has 96 valence electrons. The minimum absolute atomic E-state index is 0.233. The van der Waals surface area contributed by atoms with Crippen LogP contribution in [0.25, 0.3) is 11.0 Å². The van der Waals surface area contributed by atoms with Crippen molar-refractivity contribution in [3.05, 3.63) is 9.89 Å². The van der Waals surface area contributed by atoms with Crippen LogP contribution in [0.2, 0.25) is 5.28 Å². The molecule has 1 fully saturated rings. The molecule has 2 N–H and O–H groups in total. The largest absolute Gasteiger partial charge is 0.367 e. The maximum absolute atomic E-state index is 5.93. The molecule has 3 rings (SSSR count). The molecule has 0 amide bonds. The van der Waals surface area contributed by atoms with Crippen LogP contribution in [0.15, 0.2) is 4.60 Å². The zero-order valence-electron chi connectivity index (χ0n) is 9.71. The molecule has 5 nitrogen and oxygen atoms in total. The fraction of sp³-hybridized carbons (Fsp3) is 0.545. The lowest BCUT2D eigenvalue weighted by Crippen LogP contribution is -2.23. The highest BCUT2D eigenvalue weighted by Crippen LogP contribution is 2.29. The van der Waals surface area contributed by atoms with Crippen molar-refractivity contribution in [2.75, 3.05) is 5.32 Å². The van der Waals surface area contributed by atoms with Gasteiger partial charge in [0.2, 0.25) is 5.28 Å². The van der Waals surface area contributed by atoms with E-state index in [9.17, 15) is 0 Å². The van der Waals surface area contributed by atoms with Crippen molar-refractivity contribution in [2.24, 2.45) is 0 Å². The minimum atomic E-state index is 0.233. The topological polar surface area (TPSA) is 66.5 Å². The first-order valence-electron chi connectivity index (χ1n) is 6.07. The smallest absolute Gasteiger partial charge is 0.226 e. The molecule has 0 aromatic carbocycles. The average Bonchev–Trinajstić information content (AvgIpc) is 2.72. The van der Waals surface area contributed by atoms with Crippen LogP contribution in [-0.2, 0) is 0 Å². The van der Waals surface area contributed by atoms with Gasteiger partial charge in [0.25, 0.3) is 0 Å². The summed E-state index contributed by atoms with van der Waals surface area (Å²) in [4.78, 5) is 8.40. The molecule has 1 aliphatic rings. The van der Waals surface area contributed by atoms with E-state index >= 15 is 0 Å². The summed E-state index contributed by atoms with van der Waals surface area (Å²) in [6.45, 7) is 0. The monoisotopic (exact) mass is 329 g/mol. The Balaban J connectivity index is 1.96. The number of anilines is 1. The van der Waals surface area contributed by atoms with E-state index in [1.807, 2.05) is 0 Å². The van der Waals surface area contributed by atoms with E-state index in [-0.39, 0.29) is 5.28 Å². The van der Waals surface area contributed by atoms with Crippen LogP contribution in [0.1, 0.15) is 32.1 Å². The van der Waals surface area contributed by atoms with Gasteiger partial charge in [0.1, 0.15) is 10.4 Å². The van der Waals surface area contributed by atoms with E-state index in [1.54, 1.807) is 0 Å². The molecule has 0 bridgehead atoms. The highest BCUT2D eigenvalue weighted by Gasteiger charge is 2.18. The van der Waals surface area contributed by atoms with Crippen molar-refractivity contribution in [1.82, 2.24) is 20.2 Å². The van der Waals surface area contributed by atoms with Crippen LogP contribution in [0.3, 0.4) is 0 Å². The van der Waals surface area contributed by atoms with E-state index in [0.29, 0.717) is 16.3 Å². The number of aromatic amines is 1. The van der Waals surface area contributed by atoms with Gasteiger partial charge in [0, 0.05) is 6.04 Å². The van der Waals surface area contributed by atoms with Gasteiger partial charge in [-0.15, -0.1) is 0 Å². The number of aromatic nitrogens is 4. The van der Waals surface area contributed by atoms with Crippen LogP contribution in [0.4, 0.5) is 5.82 Å². The normalized spacial score (nSPS) is 17.2. The molecule has 1 aliphatic carbocycles. The lowest BCUT2D eigenvalue weighted by atomic mass is 9.95. The fourth-order valence-corrected chi connectivity index (χ4v) is 3.05. The van der Waals surface area contributed by atoms with Gasteiger partial charge in [-0.25, -0.2) is 0 Å². The summed E-state index contributed by atoms with van der Waals surface area (Å²) in [5, 5.41) is 11.5. The number of fused-ring (bicyclic) bond motifs is 1. The van der Waals surface area contributed by atoms with Crippen molar-refractivity contribution in [2.45, 2.75) is 38.1 Å². The second-order valence-corrected chi connectivity index (χ2v) is 5.65. The number of rotatable bonds is 2. The maximum Gasteiger partial charge on any atom is 0.226 e. The van der Waals surface area contributed by atoms with Gasteiger partial charge in [-0.1, -0.05) is 19.3 Å². The summed E-state index contributed by atoms with van der Waals surface area (Å²) < 4.78 is 0.715. The van der Waals surface area contributed by atoms with Gasteiger partial charge in [0.05, 0.1) is 5.39 Å². The molecule has 0 unspecified atom stereocenters. The van der Waals surface area contributed by atoms with Crippen molar-refractivity contribution in [1.29, 1.82) is 0 Å². The zero-order valence-corrected chi connectivity index (χ0v) is 12.1. The summed E-state index contributed by atoms with van der Waals surface area (Å²) in [7, 11) is 0. The van der Waals surface area contributed by atoms with Crippen molar-refractivity contribution in [3.8, 4) is 0 Å². The summed E-state index contributed by atoms with van der Waals surface area (Å²) in [5.41, 5.74) is 0.653. The van der Waals surface area contributed by atoms with E-state index in [2.05, 4.69) is 41.4 Å². The first-order chi connectivity index (χ1) is 8.74. The van der Waals surface area contributed by atoms with Crippen LogP contribution in [0, 0.1) is 0 Å². The van der Waals surface area contributed by atoms with Crippen molar-refractivity contribution >= 4 is 44.4 Å². The Morgan fingerprint density at radius 1 is 1.22 bits per heavy atom. The third kappa shape index (κ3) is 2.31. The summed E-state index contributed by atoms with van der Waals surface area (Å²) >= 11 is 9.33. The number of hydrogen-bond donors (Lipinski definition) is 2. The van der Waals surface area contributed by atoms with Gasteiger partial charge >= 0.3 is 0 Å². The Bertz CT molecular complexity index is 564. The second kappa shape index (κ2) is 5.01. The molecule has 0 spiro atoms. The summed E-state index contributed by atoms with van der Waals surface area (Å²) in [6.07, 6.45) is 6.23. The first-order valence-corrected chi connectivity index (χ1v) is 7.25. The third-order valence-corrected chi connectivity index (χ3v) is 4.04.